The zero-order chi connectivity index (χ0) is 21.5. The largest absolute Gasteiger partial charge is 0.329 e. The van der Waals surface area contributed by atoms with Gasteiger partial charge in [-0.15, -0.1) is 0 Å². The van der Waals surface area contributed by atoms with Crippen LogP contribution >= 0.6 is 11.6 Å². The molecule has 1 aliphatic heterocycles. The van der Waals surface area contributed by atoms with E-state index < -0.39 is 6.04 Å². The van der Waals surface area contributed by atoms with E-state index in [9.17, 15) is 9.18 Å². The molecule has 1 amide bonds. The highest BCUT2D eigenvalue weighted by atomic mass is 35.5. The van der Waals surface area contributed by atoms with Crippen LogP contribution in [-0.4, -0.2) is 15.5 Å². The van der Waals surface area contributed by atoms with Crippen LogP contribution in [0, 0.1) is 5.82 Å². The normalized spacial score (nSPS) is 15.5. The molecule has 3 aromatic carbocycles. The van der Waals surface area contributed by atoms with Crippen LogP contribution in [0.25, 0.3) is 11.0 Å². The van der Waals surface area contributed by atoms with Crippen molar-refractivity contribution in [2.24, 2.45) is 0 Å². The quantitative estimate of drug-likeness (QED) is 0.433. The van der Waals surface area contributed by atoms with Crippen LogP contribution in [0.4, 0.5) is 16.0 Å². The summed E-state index contributed by atoms with van der Waals surface area (Å²) in [5.41, 5.74) is 4.32. The molecular formula is C24H18ClFN4O. The van der Waals surface area contributed by atoms with E-state index in [4.69, 9.17) is 11.6 Å². The first-order valence-corrected chi connectivity index (χ1v) is 10.2. The van der Waals surface area contributed by atoms with Gasteiger partial charge in [0.15, 0.2) is 0 Å². The number of nitrogens with one attached hydrogen (secondary N) is 2. The molecule has 0 fully saturated rings. The van der Waals surface area contributed by atoms with Gasteiger partial charge in [-0.3, -0.25) is 9.36 Å². The average Bonchev–Trinajstić information content (AvgIpc) is 3.13. The SMILES string of the molecule is CC1=C(C(=O)Nc2ccc(Cl)cc2)C(c2ccc(F)cc2)n2c(nc3ccccc32)N1. The molecule has 154 valence electrons. The number of rotatable bonds is 3. The van der Waals surface area contributed by atoms with E-state index in [1.54, 1.807) is 36.4 Å². The Bertz CT molecular complexity index is 1330. The lowest BCUT2D eigenvalue weighted by atomic mass is 9.94. The first-order chi connectivity index (χ1) is 15.0. The number of carbonyl (C=O) groups is 1. The number of anilines is 2. The fourth-order valence-corrected chi connectivity index (χ4v) is 4.08. The third kappa shape index (κ3) is 3.45. The van der Waals surface area contributed by atoms with Gasteiger partial charge in [-0.25, -0.2) is 9.37 Å². The maximum atomic E-state index is 13.7. The Morgan fingerprint density at radius 1 is 1.06 bits per heavy atom. The molecule has 1 atom stereocenters. The Morgan fingerprint density at radius 2 is 1.77 bits per heavy atom. The van der Waals surface area contributed by atoms with Crippen molar-refractivity contribution < 1.29 is 9.18 Å². The molecule has 1 aromatic heterocycles. The van der Waals surface area contributed by atoms with Gasteiger partial charge in [0.25, 0.3) is 5.91 Å². The minimum atomic E-state index is -0.475. The minimum absolute atomic E-state index is 0.259. The molecule has 0 bridgehead atoms. The van der Waals surface area contributed by atoms with Crippen molar-refractivity contribution in [2.45, 2.75) is 13.0 Å². The fourth-order valence-electron chi connectivity index (χ4n) is 3.95. The van der Waals surface area contributed by atoms with E-state index in [0.717, 1.165) is 16.6 Å². The summed E-state index contributed by atoms with van der Waals surface area (Å²) in [6.07, 6.45) is 0. The number of imidazole rings is 1. The smallest absolute Gasteiger partial charge is 0.255 e. The third-order valence-electron chi connectivity index (χ3n) is 5.36. The number of benzene rings is 3. The fraction of sp³-hybridized carbons (Fsp3) is 0.0833. The molecule has 0 spiro atoms. The first-order valence-electron chi connectivity index (χ1n) is 9.78. The van der Waals surface area contributed by atoms with Gasteiger partial charge in [0.05, 0.1) is 22.6 Å². The van der Waals surface area contributed by atoms with Crippen molar-refractivity contribution >= 4 is 40.2 Å². The predicted molar refractivity (Wildman–Crippen MR) is 121 cm³/mol. The maximum Gasteiger partial charge on any atom is 0.255 e. The van der Waals surface area contributed by atoms with Gasteiger partial charge < -0.3 is 10.6 Å². The molecule has 0 radical (unpaired) electrons. The van der Waals surface area contributed by atoms with Gasteiger partial charge in [-0.2, -0.15) is 0 Å². The molecule has 1 aliphatic rings. The van der Waals surface area contributed by atoms with Crippen LogP contribution < -0.4 is 10.6 Å². The van der Waals surface area contributed by atoms with Gasteiger partial charge in [0, 0.05) is 16.4 Å². The Balaban J connectivity index is 1.65. The highest BCUT2D eigenvalue weighted by Crippen LogP contribution is 2.39. The predicted octanol–water partition coefficient (Wildman–Crippen LogP) is 5.76. The number of carbonyl (C=O) groups excluding carboxylic acids is 1. The molecular weight excluding hydrogens is 415 g/mol. The van der Waals surface area contributed by atoms with Crippen molar-refractivity contribution in [3.8, 4) is 0 Å². The van der Waals surface area contributed by atoms with Crippen molar-refractivity contribution in [2.75, 3.05) is 10.6 Å². The summed E-state index contributed by atoms with van der Waals surface area (Å²) in [6, 6.07) is 20.4. The standard InChI is InChI=1S/C24H18ClFN4O/c1-14-21(23(31)28-18-12-8-16(25)9-13-18)22(15-6-10-17(26)11-7-15)30-20-5-3-2-4-19(20)29-24(30)27-14/h2-13,22H,1H3,(H,27,29)(H,28,31). The zero-order valence-corrected chi connectivity index (χ0v) is 17.3. The van der Waals surface area contributed by atoms with Crippen LogP contribution in [0.5, 0.6) is 0 Å². The highest BCUT2D eigenvalue weighted by molar-refractivity contribution is 6.30. The van der Waals surface area contributed by atoms with E-state index in [1.807, 2.05) is 35.8 Å². The zero-order valence-electron chi connectivity index (χ0n) is 16.6. The number of allylic oxidation sites excluding steroid dienone is 1. The second-order valence-corrected chi connectivity index (χ2v) is 7.81. The lowest BCUT2D eigenvalue weighted by Crippen LogP contribution is -2.30. The summed E-state index contributed by atoms with van der Waals surface area (Å²) >= 11 is 5.96. The molecule has 7 heteroatoms. The van der Waals surface area contributed by atoms with Gasteiger partial charge in [-0.1, -0.05) is 35.9 Å². The summed E-state index contributed by atoms with van der Waals surface area (Å²) in [5, 5.41) is 6.80. The molecule has 0 saturated heterocycles. The molecule has 2 heterocycles. The van der Waals surface area contributed by atoms with E-state index in [-0.39, 0.29) is 11.7 Å². The Morgan fingerprint density at radius 3 is 2.52 bits per heavy atom. The monoisotopic (exact) mass is 432 g/mol. The van der Waals surface area contributed by atoms with Crippen LogP contribution in [0.2, 0.25) is 5.02 Å². The molecule has 5 nitrogen and oxygen atoms in total. The van der Waals surface area contributed by atoms with Gasteiger partial charge in [0.2, 0.25) is 5.95 Å². The molecule has 31 heavy (non-hydrogen) atoms. The third-order valence-corrected chi connectivity index (χ3v) is 5.62. The van der Waals surface area contributed by atoms with E-state index >= 15 is 0 Å². The maximum absolute atomic E-state index is 13.7. The number of fused-ring (bicyclic) bond motifs is 3. The van der Waals surface area contributed by atoms with Crippen LogP contribution in [0.1, 0.15) is 18.5 Å². The van der Waals surface area contributed by atoms with Gasteiger partial charge in [-0.05, 0) is 61.0 Å². The summed E-state index contributed by atoms with van der Waals surface area (Å²) in [4.78, 5) is 18.1. The lowest BCUT2D eigenvalue weighted by Gasteiger charge is -2.30. The molecule has 2 N–H and O–H groups in total. The van der Waals surface area contributed by atoms with Crippen LogP contribution in [0.3, 0.4) is 0 Å². The van der Waals surface area contributed by atoms with E-state index in [2.05, 4.69) is 15.6 Å². The number of hydrogen-bond acceptors (Lipinski definition) is 3. The highest BCUT2D eigenvalue weighted by Gasteiger charge is 2.34. The average molecular weight is 433 g/mol. The van der Waals surface area contributed by atoms with Crippen molar-refractivity contribution in [3.05, 3.63) is 100 Å². The molecule has 5 rings (SSSR count). The number of nitrogens with zero attached hydrogens (tertiary/aromatic N) is 2. The first kappa shape index (κ1) is 19.3. The Labute approximate surface area is 183 Å². The summed E-state index contributed by atoms with van der Waals surface area (Å²) in [7, 11) is 0. The topological polar surface area (TPSA) is 59.0 Å². The molecule has 0 aliphatic carbocycles. The van der Waals surface area contributed by atoms with E-state index in [0.29, 0.717) is 27.9 Å². The lowest BCUT2D eigenvalue weighted by molar-refractivity contribution is -0.113. The Kier molecular flexibility index (Phi) is 4.71. The number of amides is 1. The Hall–Kier alpha value is -3.64. The second-order valence-electron chi connectivity index (χ2n) is 7.37. The number of aromatic nitrogens is 2. The second kappa shape index (κ2) is 7.56. The minimum Gasteiger partial charge on any atom is -0.329 e. The van der Waals surface area contributed by atoms with Crippen molar-refractivity contribution in [1.82, 2.24) is 9.55 Å². The number of para-hydroxylation sites is 2. The van der Waals surface area contributed by atoms with Crippen molar-refractivity contribution in [1.29, 1.82) is 0 Å². The number of hydrogen-bond donors (Lipinski definition) is 2. The van der Waals surface area contributed by atoms with Crippen LogP contribution in [0.15, 0.2) is 84.1 Å². The molecule has 4 aromatic rings. The van der Waals surface area contributed by atoms with Crippen LogP contribution in [-0.2, 0) is 4.79 Å². The molecule has 1 unspecified atom stereocenters. The van der Waals surface area contributed by atoms with E-state index in [1.165, 1.54) is 12.1 Å². The van der Waals surface area contributed by atoms with Gasteiger partial charge >= 0.3 is 0 Å². The summed E-state index contributed by atoms with van der Waals surface area (Å²) in [5.74, 6) is 0.0439. The van der Waals surface area contributed by atoms with Gasteiger partial charge in [0.1, 0.15) is 5.82 Å². The van der Waals surface area contributed by atoms with Crippen molar-refractivity contribution in [3.63, 3.8) is 0 Å². The summed E-state index contributed by atoms with van der Waals surface area (Å²) < 4.78 is 15.6. The number of halogens is 2. The molecule has 0 saturated carbocycles. The summed E-state index contributed by atoms with van der Waals surface area (Å²) in [6.45, 7) is 1.84.